The van der Waals surface area contributed by atoms with Gasteiger partial charge >= 0.3 is 0 Å². The quantitative estimate of drug-likeness (QED) is 0.761. The van der Waals surface area contributed by atoms with Gasteiger partial charge in [0.1, 0.15) is 6.04 Å². The molecule has 3 heterocycles. The Bertz CT molecular complexity index is 841. The lowest BCUT2D eigenvalue weighted by atomic mass is 9.63. The maximum atomic E-state index is 12.8. The van der Waals surface area contributed by atoms with Gasteiger partial charge in [-0.1, -0.05) is 0 Å². The standard InChI is InChI=1S/C21H25N3O3S/c25-18-4-3-17(19(26)23-18)24-12-13-9-14(1-2-16(13)20(24)27)28-15-10-21(11-15)5-7-22-8-6-21/h1-2,9,15,17,22H,3-8,10-12H2,(H,23,25,26). The average Bonchev–Trinajstić information content (AvgIpc) is 2.97. The minimum absolute atomic E-state index is 0.0987. The van der Waals surface area contributed by atoms with Gasteiger partial charge in [-0.15, -0.1) is 11.8 Å². The van der Waals surface area contributed by atoms with Gasteiger partial charge in [-0.2, -0.15) is 0 Å². The zero-order chi connectivity index (χ0) is 19.3. The van der Waals surface area contributed by atoms with Crippen molar-refractivity contribution in [2.75, 3.05) is 13.1 Å². The smallest absolute Gasteiger partial charge is 0.255 e. The number of imide groups is 1. The van der Waals surface area contributed by atoms with E-state index in [9.17, 15) is 14.4 Å². The van der Waals surface area contributed by atoms with Gasteiger partial charge in [0, 0.05) is 28.7 Å². The fourth-order valence-electron chi connectivity index (χ4n) is 5.17. The summed E-state index contributed by atoms with van der Waals surface area (Å²) in [5.74, 6) is -0.705. The molecule has 148 valence electrons. The molecule has 7 heteroatoms. The number of hydrogen-bond acceptors (Lipinski definition) is 5. The molecular weight excluding hydrogens is 374 g/mol. The molecule has 3 aliphatic heterocycles. The Labute approximate surface area is 168 Å². The van der Waals surface area contributed by atoms with Gasteiger partial charge in [0.2, 0.25) is 11.8 Å². The largest absolute Gasteiger partial charge is 0.322 e. The summed E-state index contributed by atoms with van der Waals surface area (Å²) in [7, 11) is 0. The molecular formula is C21H25N3O3S. The van der Waals surface area contributed by atoms with E-state index >= 15 is 0 Å². The Morgan fingerprint density at radius 3 is 2.64 bits per heavy atom. The second-order valence-electron chi connectivity index (χ2n) is 8.62. The van der Waals surface area contributed by atoms with Crippen LogP contribution in [0.15, 0.2) is 23.1 Å². The number of nitrogens with zero attached hydrogens (tertiary/aromatic N) is 1. The number of amides is 3. The van der Waals surface area contributed by atoms with Crippen LogP contribution < -0.4 is 10.6 Å². The summed E-state index contributed by atoms with van der Waals surface area (Å²) in [5, 5.41) is 6.47. The van der Waals surface area contributed by atoms with Crippen molar-refractivity contribution in [2.24, 2.45) is 5.41 Å². The van der Waals surface area contributed by atoms with Gasteiger partial charge in [0.05, 0.1) is 0 Å². The van der Waals surface area contributed by atoms with Crippen LogP contribution in [0.3, 0.4) is 0 Å². The first-order valence-corrected chi connectivity index (χ1v) is 11.1. The molecule has 3 amide bonds. The molecule has 2 saturated heterocycles. The van der Waals surface area contributed by atoms with E-state index in [1.807, 2.05) is 23.9 Å². The molecule has 1 spiro atoms. The summed E-state index contributed by atoms with van der Waals surface area (Å²) < 4.78 is 0. The summed E-state index contributed by atoms with van der Waals surface area (Å²) in [5.41, 5.74) is 2.26. The van der Waals surface area contributed by atoms with E-state index in [1.54, 1.807) is 4.90 Å². The lowest BCUT2D eigenvalue weighted by Gasteiger charge is -2.50. The lowest BCUT2D eigenvalue weighted by molar-refractivity contribution is -0.136. The molecule has 0 radical (unpaired) electrons. The predicted octanol–water partition coefficient (Wildman–Crippen LogP) is 2.07. The first-order chi connectivity index (χ1) is 13.5. The Balaban J connectivity index is 1.25. The number of piperidine rings is 2. The van der Waals surface area contributed by atoms with Crippen LogP contribution in [-0.2, 0) is 16.1 Å². The van der Waals surface area contributed by atoms with Crippen molar-refractivity contribution in [1.29, 1.82) is 0 Å². The van der Waals surface area contributed by atoms with Crippen LogP contribution in [0.1, 0.15) is 54.4 Å². The van der Waals surface area contributed by atoms with Gasteiger partial charge < -0.3 is 10.2 Å². The second-order valence-corrected chi connectivity index (χ2v) is 9.99. The number of benzene rings is 1. The van der Waals surface area contributed by atoms with Crippen LogP contribution in [0.2, 0.25) is 0 Å². The van der Waals surface area contributed by atoms with E-state index in [0.29, 0.717) is 29.2 Å². The molecule has 1 aromatic carbocycles. The zero-order valence-corrected chi connectivity index (χ0v) is 16.6. The van der Waals surface area contributed by atoms with Crippen molar-refractivity contribution in [3.05, 3.63) is 29.3 Å². The van der Waals surface area contributed by atoms with Crippen LogP contribution in [0.5, 0.6) is 0 Å². The van der Waals surface area contributed by atoms with Crippen molar-refractivity contribution in [1.82, 2.24) is 15.5 Å². The molecule has 1 saturated carbocycles. The van der Waals surface area contributed by atoms with Crippen molar-refractivity contribution < 1.29 is 14.4 Å². The third kappa shape index (κ3) is 3.14. The number of rotatable bonds is 3. The van der Waals surface area contributed by atoms with Gasteiger partial charge in [-0.05, 0) is 74.4 Å². The highest BCUT2D eigenvalue weighted by Gasteiger charge is 2.45. The monoisotopic (exact) mass is 399 g/mol. The number of fused-ring (bicyclic) bond motifs is 1. The van der Waals surface area contributed by atoms with E-state index in [2.05, 4.69) is 16.7 Å². The molecule has 0 aromatic heterocycles. The maximum Gasteiger partial charge on any atom is 0.255 e. The van der Waals surface area contributed by atoms with E-state index in [4.69, 9.17) is 0 Å². The van der Waals surface area contributed by atoms with Crippen LogP contribution in [-0.4, -0.2) is 47.0 Å². The minimum Gasteiger partial charge on any atom is -0.322 e. The van der Waals surface area contributed by atoms with E-state index in [0.717, 1.165) is 18.7 Å². The van der Waals surface area contributed by atoms with Crippen molar-refractivity contribution >= 4 is 29.5 Å². The van der Waals surface area contributed by atoms with E-state index in [1.165, 1.54) is 30.6 Å². The zero-order valence-electron chi connectivity index (χ0n) is 15.8. The molecule has 1 unspecified atom stereocenters. The van der Waals surface area contributed by atoms with Gasteiger partial charge in [0.25, 0.3) is 5.91 Å². The summed E-state index contributed by atoms with van der Waals surface area (Å²) in [6.45, 7) is 2.75. The molecule has 28 heavy (non-hydrogen) atoms. The van der Waals surface area contributed by atoms with E-state index < -0.39 is 6.04 Å². The highest BCUT2D eigenvalue weighted by Crippen LogP contribution is 2.54. The third-order valence-corrected chi connectivity index (χ3v) is 7.98. The summed E-state index contributed by atoms with van der Waals surface area (Å²) in [4.78, 5) is 39.2. The predicted molar refractivity (Wildman–Crippen MR) is 106 cm³/mol. The van der Waals surface area contributed by atoms with Crippen LogP contribution in [0, 0.1) is 5.41 Å². The number of carbonyl (C=O) groups is 3. The van der Waals surface area contributed by atoms with Crippen LogP contribution in [0.25, 0.3) is 0 Å². The Morgan fingerprint density at radius 1 is 1.11 bits per heavy atom. The second kappa shape index (κ2) is 6.88. The molecule has 0 bridgehead atoms. The molecule has 2 N–H and O–H groups in total. The Kier molecular flexibility index (Phi) is 4.47. The Morgan fingerprint density at radius 2 is 1.89 bits per heavy atom. The molecule has 1 atom stereocenters. The fourth-order valence-corrected chi connectivity index (χ4v) is 6.79. The summed E-state index contributed by atoms with van der Waals surface area (Å²) in [6.07, 6.45) is 5.87. The highest BCUT2D eigenvalue weighted by molar-refractivity contribution is 8.00. The molecule has 6 nitrogen and oxygen atoms in total. The lowest BCUT2D eigenvalue weighted by Crippen LogP contribution is -2.52. The van der Waals surface area contributed by atoms with Crippen molar-refractivity contribution in [2.45, 2.75) is 61.3 Å². The van der Waals surface area contributed by atoms with E-state index in [-0.39, 0.29) is 24.1 Å². The first-order valence-electron chi connectivity index (χ1n) is 10.2. The van der Waals surface area contributed by atoms with Gasteiger partial charge in [-0.25, -0.2) is 0 Å². The fraction of sp³-hybridized carbons (Fsp3) is 0.571. The van der Waals surface area contributed by atoms with Crippen LogP contribution in [0.4, 0.5) is 0 Å². The average molecular weight is 400 g/mol. The first kappa shape index (κ1) is 18.2. The minimum atomic E-state index is -0.542. The SMILES string of the molecule is O=C1CCC(N2Cc3cc(SC4CC5(CCNCC5)C4)ccc3C2=O)C(=O)N1. The molecule has 1 aliphatic carbocycles. The maximum absolute atomic E-state index is 12.8. The highest BCUT2D eigenvalue weighted by atomic mass is 32.2. The van der Waals surface area contributed by atoms with Crippen LogP contribution >= 0.6 is 11.8 Å². The number of hydrogen-bond donors (Lipinski definition) is 2. The molecule has 5 rings (SSSR count). The molecule has 3 fully saturated rings. The topological polar surface area (TPSA) is 78.5 Å². The Hall–Kier alpha value is -1.86. The normalized spacial score (nSPS) is 26.9. The number of thioether (sulfide) groups is 1. The third-order valence-electron chi connectivity index (χ3n) is 6.78. The van der Waals surface area contributed by atoms with Gasteiger partial charge in [-0.3, -0.25) is 19.7 Å². The number of carbonyl (C=O) groups excluding carboxylic acids is 3. The van der Waals surface area contributed by atoms with Crippen molar-refractivity contribution in [3.63, 3.8) is 0 Å². The summed E-state index contributed by atoms with van der Waals surface area (Å²) in [6, 6.07) is 5.53. The number of nitrogens with one attached hydrogen (secondary N) is 2. The summed E-state index contributed by atoms with van der Waals surface area (Å²) >= 11 is 1.93. The van der Waals surface area contributed by atoms with Crippen molar-refractivity contribution in [3.8, 4) is 0 Å². The molecule has 4 aliphatic rings. The molecule has 1 aromatic rings. The van der Waals surface area contributed by atoms with Gasteiger partial charge in [0.15, 0.2) is 0 Å².